The summed E-state index contributed by atoms with van der Waals surface area (Å²) < 4.78 is 0. The van der Waals surface area contributed by atoms with Gasteiger partial charge in [-0.25, -0.2) is 9.59 Å². The lowest BCUT2D eigenvalue weighted by atomic mass is 10.0. The third-order valence-corrected chi connectivity index (χ3v) is 10.0. The zero-order valence-electron chi connectivity index (χ0n) is 30.4. The lowest BCUT2D eigenvalue weighted by Gasteiger charge is -2.33. The highest BCUT2D eigenvalue weighted by atomic mass is 35.5. The molecule has 10 heteroatoms. The Morgan fingerprint density at radius 3 is 1.20 bits per heavy atom. The Balaban J connectivity index is 0.00000338. The molecule has 0 aliphatic heterocycles. The van der Waals surface area contributed by atoms with Crippen LogP contribution in [0.4, 0.5) is 32.3 Å². The maximum atomic E-state index is 13.9. The number of amides is 4. The largest absolute Gasteiger partial charge is 0.378 e. The van der Waals surface area contributed by atoms with Crippen molar-refractivity contribution in [1.82, 2.24) is 9.80 Å². The van der Waals surface area contributed by atoms with Gasteiger partial charge >= 0.3 is 12.1 Å². The van der Waals surface area contributed by atoms with Gasteiger partial charge in [-0.1, -0.05) is 75.6 Å². The number of hydrogen-bond acceptors (Lipinski definition) is 4. The fourth-order valence-corrected chi connectivity index (χ4v) is 7.17. The van der Waals surface area contributed by atoms with Crippen LogP contribution in [0.1, 0.15) is 88.2 Å². The number of benzene rings is 3. The van der Waals surface area contributed by atoms with Gasteiger partial charge in [0.15, 0.2) is 0 Å². The molecule has 2 aliphatic carbocycles. The van der Waals surface area contributed by atoms with Gasteiger partial charge in [0.1, 0.15) is 0 Å². The Bertz CT molecular complexity index is 1340. The van der Waals surface area contributed by atoms with E-state index < -0.39 is 0 Å². The zero-order chi connectivity index (χ0) is 33.9. The van der Waals surface area contributed by atoms with E-state index in [9.17, 15) is 9.59 Å². The summed E-state index contributed by atoms with van der Waals surface area (Å²) in [6.45, 7) is 1.07. The summed E-state index contributed by atoms with van der Waals surface area (Å²) in [6, 6.07) is 24.8. The molecule has 3 aromatic carbocycles. The Labute approximate surface area is 312 Å². The first kappa shape index (κ1) is 40.8. The quantitative estimate of drug-likeness (QED) is 0.204. The van der Waals surface area contributed by atoms with Crippen LogP contribution in [-0.4, -0.2) is 62.1 Å². The van der Waals surface area contributed by atoms with Gasteiger partial charge in [0, 0.05) is 76.1 Å². The zero-order valence-corrected chi connectivity index (χ0v) is 32.0. The fraction of sp³-hybridized carbons (Fsp3) is 0.500. The molecule has 274 valence electrons. The van der Waals surface area contributed by atoms with Crippen molar-refractivity contribution in [2.24, 2.45) is 0 Å². The number of nitrogens with one attached hydrogen (secondary N) is 2. The Hall–Kier alpha value is -3.62. The van der Waals surface area contributed by atoms with Crippen LogP contribution in [0.2, 0.25) is 0 Å². The Morgan fingerprint density at radius 2 is 0.880 bits per heavy atom. The smallest absolute Gasteiger partial charge is 0.322 e. The number of carbonyl (C=O) groups is 2. The third kappa shape index (κ3) is 11.7. The topological polar surface area (TPSA) is 71.2 Å². The normalized spacial score (nSPS) is 15.3. The van der Waals surface area contributed by atoms with Gasteiger partial charge in [-0.15, -0.1) is 24.8 Å². The molecule has 0 saturated heterocycles. The molecule has 2 saturated carbocycles. The molecule has 0 aromatic heterocycles. The average molecular weight is 726 g/mol. The molecular weight excluding hydrogens is 667 g/mol. The van der Waals surface area contributed by atoms with Crippen molar-refractivity contribution < 1.29 is 9.59 Å². The van der Waals surface area contributed by atoms with Crippen molar-refractivity contribution in [2.45, 2.75) is 102 Å². The van der Waals surface area contributed by atoms with Crippen molar-refractivity contribution in [3.63, 3.8) is 0 Å². The molecule has 0 spiro atoms. The van der Waals surface area contributed by atoms with E-state index in [1.807, 2.05) is 76.7 Å². The first-order valence-electron chi connectivity index (χ1n) is 18.0. The van der Waals surface area contributed by atoms with Gasteiger partial charge in [-0.2, -0.15) is 0 Å². The van der Waals surface area contributed by atoms with Crippen LogP contribution in [0.25, 0.3) is 0 Å². The maximum absolute atomic E-state index is 13.9. The molecule has 5 rings (SSSR count). The summed E-state index contributed by atoms with van der Waals surface area (Å²) in [6.07, 6.45) is 13.6. The van der Waals surface area contributed by atoms with E-state index in [2.05, 4.69) is 54.5 Å². The van der Waals surface area contributed by atoms with E-state index in [0.717, 1.165) is 85.2 Å². The Kier molecular flexibility index (Phi) is 16.6. The minimum atomic E-state index is -0.0512. The van der Waals surface area contributed by atoms with E-state index in [0.29, 0.717) is 13.1 Å². The van der Waals surface area contributed by atoms with Crippen molar-refractivity contribution in [3.8, 4) is 0 Å². The van der Waals surface area contributed by atoms with E-state index in [-0.39, 0.29) is 49.0 Å². The number of hydrogen-bond donors (Lipinski definition) is 2. The highest BCUT2D eigenvalue weighted by molar-refractivity contribution is 5.90. The highest BCUT2D eigenvalue weighted by Crippen LogP contribution is 2.28. The molecule has 3 aromatic rings. The molecule has 2 N–H and O–H groups in total. The minimum absolute atomic E-state index is 0. The average Bonchev–Trinajstić information content (AvgIpc) is 3.53. The van der Waals surface area contributed by atoms with Gasteiger partial charge < -0.3 is 30.2 Å². The number of carbonyl (C=O) groups excluding carboxylic acids is 2. The van der Waals surface area contributed by atoms with Crippen LogP contribution in [0.5, 0.6) is 0 Å². The standard InChI is InChI=1S/C40H56N6O2.2ClH/c1-43(2)35-24-20-33(21-25-35)41-39(47)45(37-16-9-5-6-10-17-37)29-31-14-13-15-32(28-31)30-46(38-18-11-7-8-12-19-38)40(48)42-34-22-26-36(27-23-34)44(3)4;;/h13-15,20-28,37-38H,5-12,16-19,29-30H2,1-4H3,(H,41,47)(H,42,48);2*1H. The summed E-state index contributed by atoms with van der Waals surface area (Å²) >= 11 is 0. The van der Waals surface area contributed by atoms with Crippen LogP contribution in [0.15, 0.2) is 72.8 Å². The first-order chi connectivity index (χ1) is 23.3. The molecule has 0 radical (unpaired) electrons. The molecule has 0 heterocycles. The van der Waals surface area contributed by atoms with Gasteiger partial charge in [-0.05, 0) is 85.3 Å². The molecule has 2 aliphatic rings. The molecule has 0 atom stereocenters. The second-order valence-corrected chi connectivity index (χ2v) is 14.1. The van der Waals surface area contributed by atoms with Crippen molar-refractivity contribution in [3.05, 3.63) is 83.9 Å². The molecule has 50 heavy (non-hydrogen) atoms. The first-order valence-corrected chi connectivity index (χ1v) is 18.0. The fourth-order valence-electron chi connectivity index (χ4n) is 7.17. The monoisotopic (exact) mass is 724 g/mol. The highest BCUT2D eigenvalue weighted by Gasteiger charge is 2.27. The van der Waals surface area contributed by atoms with Gasteiger partial charge in [0.25, 0.3) is 0 Å². The van der Waals surface area contributed by atoms with Crippen LogP contribution in [-0.2, 0) is 13.1 Å². The molecule has 0 unspecified atom stereocenters. The van der Waals surface area contributed by atoms with Gasteiger partial charge in [0.2, 0.25) is 0 Å². The lowest BCUT2D eigenvalue weighted by molar-refractivity contribution is 0.174. The molecule has 4 amide bonds. The summed E-state index contributed by atoms with van der Waals surface area (Å²) in [5.41, 5.74) is 5.99. The Morgan fingerprint density at radius 1 is 0.540 bits per heavy atom. The van der Waals surface area contributed by atoms with E-state index in [4.69, 9.17) is 0 Å². The number of anilines is 4. The van der Waals surface area contributed by atoms with Crippen molar-refractivity contribution in [2.75, 3.05) is 48.6 Å². The van der Waals surface area contributed by atoms with Crippen LogP contribution in [0, 0.1) is 0 Å². The molecule has 2 fully saturated rings. The number of nitrogens with zero attached hydrogens (tertiary/aromatic N) is 4. The van der Waals surface area contributed by atoms with E-state index >= 15 is 0 Å². The van der Waals surface area contributed by atoms with Gasteiger partial charge in [0.05, 0.1) is 0 Å². The SMILES string of the molecule is CN(C)c1ccc(NC(=O)N(Cc2cccc(CN(C(=O)Nc3ccc(N(C)C)cc3)C3CCCCCC3)c2)C2CCCCCC2)cc1.Cl.Cl. The minimum Gasteiger partial charge on any atom is -0.378 e. The predicted molar refractivity (Wildman–Crippen MR) is 215 cm³/mol. The molecule has 0 bridgehead atoms. The van der Waals surface area contributed by atoms with Crippen LogP contribution < -0.4 is 20.4 Å². The second-order valence-electron chi connectivity index (χ2n) is 14.1. The third-order valence-electron chi connectivity index (χ3n) is 10.0. The number of rotatable bonds is 10. The molecule has 8 nitrogen and oxygen atoms in total. The second kappa shape index (κ2) is 20.3. The van der Waals surface area contributed by atoms with Crippen LogP contribution >= 0.6 is 24.8 Å². The maximum Gasteiger partial charge on any atom is 0.322 e. The van der Waals surface area contributed by atoms with Crippen molar-refractivity contribution in [1.29, 1.82) is 0 Å². The summed E-state index contributed by atoms with van der Waals surface area (Å²) in [7, 11) is 8.06. The number of halogens is 2. The van der Waals surface area contributed by atoms with Crippen molar-refractivity contribution >= 4 is 59.6 Å². The predicted octanol–water partition coefficient (Wildman–Crippen LogP) is 10.2. The molecular formula is C40H58Cl2N6O2. The van der Waals surface area contributed by atoms with E-state index in [1.165, 1.54) is 25.7 Å². The summed E-state index contributed by atoms with van der Waals surface area (Å²) in [5.74, 6) is 0. The lowest BCUT2D eigenvalue weighted by Crippen LogP contribution is -2.42. The van der Waals surface area contributed by atoms with Crippen LogP contribution in [0.3, 0.4) is 0 Å². The summed E-state index contributed by atoms with van der Waals surface area (Å²) in [4.78, 5) is 36.0. The number of urea groups is 2. The van der Waals surface area contributed by atoms with E-state index in [1.54, 1.807) is 0 Å². The summed E-state index contributed by atoms with van der Waals surface area (Å²) in [5, 5.41) is 6.39. The van der Waals surface area contributed by atoms with Gasteiger partial charge in [-0.3, -0.25) is 0 Å².